The number of urea groups is 1. The highest BCUT2D eigenvalue weighted by Crippen LogP contribution is 2.14. The van der Waals surface area contributed by atoms with Gasteiger partial charge in [-0.2, -0.15) is 0 Å². The Morgan fingerprint density at radius 1 is 1.13 bits per heavy atom. The third-order valence-electron chi connectivity index (χ3n) is 3.33. The summed E-state index contributed by atoms with van der Waals surface area (Å²) >= 11 is 0. The molecule has 1 heterocycles. The Bertz CT molecular complexity index is 735. The van der Waals surface area contributed by atoms with E-state index in [4.69, 9.17) is 4.42 Å². The van der Waals surface area contributed by atoms with Crippen molar-refractivity contribution in [3.8, 4) is 0 Å². The van der Waals surface area contributed by atoms with Crippen LogP contribution in [0.15, 0.2) is 47.3 Å². The Hall–Kier alpha value is -2.28. The van der Waals surface area contributed by atoms with Crippen molar-refractivity contribution in [1.82, 2.24) is 5.32 Å². The highest BCUT2D eigenvalue weighted by molar-refractivity contribution is 7.91. The Morgan fingerprint density at radius 3 is 2.39 bits per heavy atom. The molecule has 1 aromatic carbocycles. The zero-order valence-electron chi connectivity index (χ0n) is 13.1. The van der Waals surface area contributed by atoms with E-state index in [1.807, 2.05) is 0 Å². The van der Waals surface area contributed by atoms with Crippen LogP contribution in [-0.4, -0.2) is 19.7 Å². The largest absolute Gasteiger partial charge is 0.472 e. The first-order valence-electron chi connectivity index (χ1n) is 7.23. The third kappa shape index (κ3) is 5.14. The summed E-state index contributed by atoms with van der Waals surface area (Å²) in [5.74, 6) is -0.00235. The van der Waals surface area contributed by atoms with Gasteiger partial charge in [0.05, 0.1) is 23.5 Å². The lowest BCUT2D eigenvalue weighted by atomic mass is 10.2. The van der Waals surface area contributed by atoms with Crippen molar-refractivity contribution < 1.29 is 17.6 Å². The third-order valence-corrected chi connectivity index (χ3v) is 5.50. The Balaban J connectivity index is 1.88. The summed E-state index contributed by atoms with van der Waals surface area (Å²) in [4.78, 5) is 11.8. The monoisotopic (exact) mass is 336 g/mol. The van der Waals surface area contributed by atoms with Crippen molar-refractivity contribution in [3.05, 3.63) is 54.0 Å². The fraction of sp³-hybridized carbons (Fsp3) is 0.312. The van der Waals surface area contributed by atoms with Gasteiger partial charge >= 0.3 is 6.03 Å². The summed E-state index contributed by atoms with van der Waals surface area (Å²) < 4.78 is 28.7. The molecule has 0 fully saturated rings. The summed E-state index contributed by atoms with van der Waals surface area (Å²) in [6, 6.07) is 8.20. The minimum Gasteiger partial charge on any atom is -0.472 e. The van der Waals surface area contributed by atoms with Gasteiger partial charge in [0.15, 0.2) is 9.84 Å². The van der Waals surface area contributed by atoms with Gasteiger partial charge < -0.3 is 15.1 Å². The average molecular weight is 336 g/mol. The summed E-state index contributed by atoms with van der Waals surface area (Å²) in [6.45, 7) is 3.69. The van der Waals surface area contributed by atoms with Gasteiger partial charge in [0.1, 0.15) is 0 Å². The predicted octanol–water partition coefficient (Wildman–Crippen LogP) is 2.92. The maximum absolute atomic E-state index is 11.9. The van der Waals surface area contributed by atoms with Crippen molar-refractivity contribution in [2.24, 2.45) is 0 Å². The molecule has 124 valence electrons. The number of furan rings is 1. The second-order valence-corrected chi connectivity index (χ2v) is 8.05. The molecular weight excluding hydrogens is 316 g/mol. The highest BCUT2D eigenvalue weighted by Gasteiger charge is 2.16. The van der Waals surface area contributed by atoms with Crippen molar-refractivity contribution >= 4 is 21.6 Å². The molecule has 6 nitrogen and oxygen atoms in total. The number of benzene rings is 1. The first kappa shape index (κ1) is 17.1. The molecule has 2 rings (SSSR count). The molecule has 0 saturated carbocycles. The number of anilines is 1. The SMILES string of the molecule is CC(C)S(=O)(=O)Cc1ccc(NC(=O)NCc2ccoc2)cc1. The number of nitrogens with one attached hydrogen (secondary N) is 2. The molecular formula is C16H20N2O4S. The van der Waals surface area contributed by atoms with Crippen molar-refractivity contribution in [2.75, 3.05) is 5.32 Å². The van der Waals surface area contributed by atoms with Crippen LogP contribution in [-0.2, 0) is 22.1 Å². The first-order valence-corrected chi connectivity index (χ1v) is 8.95. The fourth-order valence-corrected chi connectivity index (χ4v) is 2.82. The summed E-state index contributed by atoms with van der Waals surface area (Å²) in [5, 5.41) is 4.97. The van der Waals surface area contributed by atoms with Crippen LogP contribution in [0.4, 0.5) is 10.5 Å². The second-order valence-electron chi connectivity index (χ2n) is 5.49. The van der Waals surface area contributed by atoms with Crippen LogP contribution in [0.25, 0.3) is 0 Å². The minimum atomic E-state index is -3.13. The summed E-state index contributed by atoms with van der Waals surface area (Å²) in [6.07, 6.45) is 3.10. The van der Waals surface area contributed by atoms with E-state index in [0.29, 0.717) is 17.8 Å². The number of carbonyl (C=O) groups excluding carboxylic acids is 1. The van der Waals surface area contributed by atoms with E-state index in [2.05, 4.69) is 10.6 Å². The average Bonchev–Trinajstić information content (AvgIpc) is 3.00. The Labute approximate surface area is 135 Å². The van der Waals surface area contributed by atoms with Gasteiger partial charge in [0.2, 0.25) is 0 Å². The molecule has 0 unspecified atom stereocenters. The maximum Gasteiger partial charge on any atom is 0.319 e. The Morgan fingerprint density at radius 2 is 1.83 bits per heavy atom. The molecule has 0 radical (unpaired) electrons. The van der Waals surface area contributed by atoms with Crippen LogP contribution in [0.3, 0.4) is 0 Å². The van der Waals surface area contributed by atoms with Crippen molar-refractivity contribution in [3.63, 3.8) is 0 Å². The van der Waals surface area contributed by atoms with Gasteiger partial charge in [-0.3, -0.25) is 0 Å². The molecule has 7 heteroatoms. The van der Waals surface area contributed by atoms with Gasteiger partial charge in [-0.05, 0) is 37.6 Å². The van der Waals surface area contributed by atoms with Crippen molar-refractivity contribution in [1.29, 1.82) is 0 Å². The maximum atomic E-state index is 11.9. The van der Waals surface area contributed by atoms with E-state index in [0.717, 1.165) is 5.56 Å². The van der Waals surface area contributed by atoms with Gasteiger partial charge in [-0.1, -0.05) is 12.1 Å². The first-order chi connectivity index (χ1) is 10.9. The number of hydrogen-bond acceptors (Lipinski definition) is 4. The zero-order valence-corrected chi connectivity index (χ0v) is 13.9. The Kier molecular flexibility index (Phi) is 5.44. The van der Waals surface area contributed by atoms with E-state index < -0.39 is 15.1 Å². The van der Waals surface area contributed by atoms with Crippen molar-refractivity contribution in [2.45, 2.75) is 31.4 Å². The molecule has 23 heavy (non-hydrogen) atoms. The molecule has 0 saturated heterocycles. The molecule has 2 aromatic rings. The number of hydrogen-bond donors (Lipinski definition) is 2. The molecule has 2 amide bonds. The standard InChI is InChI=1S/C16H20N2O4S/c1-12(2)23(20,21)11-13-3-5-15(6-4-13)18-16(19)17-9-14-7-8-22-10-14/h3-8,10,12H,9,11H2,1-2H3,(H2,17,18,19). The molecule has 2 N–H and O–H groups in total. The second kappa shape index (κ2) is 7.32. The van der Waals surface area contributed by atoms with Gasteiger partial charge in [-0.15, -0.1) is 0 Å². The van der Waals surface area contributed by atoms with Crippen LogP contribution in [0.5, 0.6) is 0 Å². The van der Waals surface area contributed by atoms with E-state index in [1.165, 1.54) is 0 Å². The molecule has 0 aliphatic rings. The molecule has 0 spiro atoms. The minimum absolute atomic E-state index is 0.00235. The lowest BCUT2D eigenvalue weighted by Gasteiger charge is -2.09. The number of sulfone groups is 1. The normalized spacial score (nSPS) is 11.4. The number of rotatable bonds is 6. The lowest BCUT2D eigenvalue weighted by molar-refractivity contribution is 0.251. The van der Waals surface area contributed by atoms with Crippen LogP contribution < -0.4 is 10.6 Å². The van der Waals surface area contributed by atoms with Gasteiger partial charge in [-0.25, -0.2) is 13.2 Å². The number of carbonyl (C=O) groups is 1. The predicted molar refractivity (Wildman–Crippen MR) is 88.8 cm³/mol. The smallest absolute Gasteiger partial charge is 0.319 e. The van der Waals surface area contributed by atoms with Crippen LogP contribution in [0.1, 0.15) is 25.0 Å². The molecule has 0 aliphatic heterocycles. The number of amides is 2. The van der Waals surface area contributed by atoms with E-state index in [1.54, 1.807) is 56.7 Å². The summed E-state index contributed by atoms with van der Waals surface area (Å²) in [7, 11) is -3.13. The topological polar surface area (TPSA) is 88.4 Å². The van der Waals surface area contributed by atoms with Gasteiger partial charge in [0, 0.05) is 17.8 Å². The van der Waals surface area contributed by atoms with Crippen LogP contribution in [0, 0.1) is 0 Å². The molecule has 0 atom stereocenters. The molecule has 0 aliphatic carbocycles. The van der Waals surface area contributed by atoms with E-state index in [-0.39, 0.29) is 11.8 Å². The van der Waals surface area contributed by atoms with Crippen LogP contribution in [0.2, 0.25) is 0 Å². The quantitative estimate of drug-likeness (QED) is 0.849. The lowest BCUT2D eigenvalue weighted by Crippen LogP contribution is -2.27. The zero-order chi connectivity index (χ0) is 16.9. The molecule has 1 aromatic heterocycles. The highest BCUT2D eigenvalue weighted by atomic mass is 32.2. The molecule has 0 bridgehead atoms. The fourth-order valence-electron chi connectivity index (χ4n) is 1.83. The van der Waals surface area contributed by atoms with Gasteiger partial charge in [0.25, 0.3) is 0 Å². The summed E-state index contributed by atoms with van der Waals surface area (Å²) in [5.41, 5.74) is 2.16. The van der Waals surface area contributed by atoms with Crippen LogP contribution >= 0.6 is 0 Å². The van der Waals surface area contributed by atoms with E-state index in [9.17, 15) is 13.2 Å². The van der Waals surface area contributed by atoms with E-state index >= 15 is 0 Å².